The van der Waals surface area contributed by atoms with Gasteiger partial charge in [-0.3, -0.25) is 9.67 Å². The summed E-state index contributed by atoms with van der Waals surface area (Å²) in [6.07, 6.45) is 7.90. The maximum absolute atomic E-state index is 9.80. The van der Waals surface area contributed by atoms with E-state index in [1.54, 1.807) is 18.3 Å². The zero-order valence-corrected chi connectivity index (χ0v) is 30.9. The number of rotatable bonds is 16. The molecule has 0 amide bonds. The van der Waals surface area contributed by atoms with Crippen LogP contribution < -0.4 is 14.8 Å². The molecule has 3 aromatic carbocycles. The zero-order valence-electron chi connectivity index (χ0n) is 28.6. The van der Waals surface area contributed by atoms with Gasteiger partial charge in [-0.25, -0.2) is 0 Å². The summed E-state index contributed by atoms with van der Waals surface area (Å²) in [5.74, 6) is 1.04. The Bertz CT molecular complexity index is 2000. The Hall–Kier alpha value is -4.02. The van der Waals surface area contributed by atoms with E-state index in [9.17, 15) is 15.5 Å². The predicted octanol–water partition coefficient (Wildman–Crippen LogP) is 6.86. The van der Waals surface area contributed by atoms with Gasteiger partial charge >= 0.3 is 0 Å². The third-order valence-corrected chi connectivity index (χ3v) is 10.4. The molecule has 10 nitrogen and oxygen atoms in total. The molecule has 1 aliphatic heterocycles. The van der Waals surface area contributed by atoms with Gasteiger partial charge in [0.1, 0.15) is 30.8 Å². The van der Waals surface area contributed by atoms with Crippen LogP contribution in [0.2, 0.25) is 5.02 Å². The molecule has 51 heavy (non-hydrogen) atoms. The standard InChI is InChI=1S/C39H42BrClN6O4/c1-26(23-48)44-20-30-15-35(41)38(16-37(30)50-24-28-14-27(17-42)18-43-19-28)51-25-29-6-4-8-33(39(29)40)32-7-5-9-36-34(32)21-45-47(36)12-3-2-11-46-13-10-31(49)22-46/h4-9,14-16,18-19,21,26,31,44,48-49H,2-3,10-13,20,22-25H2,1H3/t26?,31-/m1/s1. The monoisotopic (exact) mass is 772 g/mol. The van der Waals surface area contributed by atoms with Crippen molar-refractivity contribution < 1.29 is 19.7 Å². The topological polar surface area (TPSA) is 129 Å². The van der Waals surface area contributed by atoms with Crippen molar-refractivity contribution in [1.82, 2.24) is 25.0 Å². The molecule has 1 fully saturated rings. The number of halogens is 2. The molecule has 1 saturated heterocycles. The minimum absolute atomic E-state index is 0.00544. The molecule has 6 rings (SSSR count). The number of aryl methyl sites for hydroxylation is 1. The molecule has 5 aromatic rings. The summed E-state index contributed by atoms with van der Waals surface area (Å²) in [7, 11) is 0. The van der Waals surface area contributed by atoms with Crippen molar-refractivity contribution in [1.29, 1.82) is 5.26 Å². The van der Waals surface area contributed by atoms with Crippen molar-refractivity contribution in [2.75, 3.05) is 26.2 Å². The highest BCUT2D eigenvalue weighted by Gasteiger charge is 2.20. The summed E-state index contributed by atoms with van der Waals surface area (Å²) >= 11 is 10.6. The first-order valence-electron chi connectivity index (χ1n) is 17.2. The van der Waals surface area contributed by atoms with Gasteiger partial charge in [-0.15, -0.1) is 0 Å². The molecular formula is C39H42BrClN6O4. The Morgan fingerprint density at radius 3 is 2.63 bits per heavy atom. The van der Waals surface area contributed by atoms with Gasteiger partial charge in [0.15, 0.2) is 0 Å². The summed E-state index contributed by atoms with van der Waals surface area (Å²) in [5, 5.41) is 38.1. The van der Waals surface area contributed by atoms with Crippen molar-refractivity contribution in [3.63, 3.8) is 0 Å². The maximum atomic E-state index is 9.80. The predicted molar refractivity (Wildman–Crippen MR) is 202 cm³/mol. The molecule has 12 heteroatoms. The van der Waals surface area contributed by atoms with E-state index < -0.39 is 0 Å². The summed E-state index contributed by atoms with van der Waals surface area (Å²) < 4.78 is 15.6. The van der Waals surface area contributed by atoms with E-state index in [0.717, 1.165) is 88.6 Å². The summed E-state index contributed by atoms with van der Waals surface area (Å²) in [4.78, 5) is 6.47. The van der Waals surface area contributed by atoms with Crippen LogP contribution in [-0.2, 0) is 26.3 Å². The van der Waals surface area contributed by atoms with E-state index in [2.05, 4.69) is 66.1 Å². The Kier molecular flexibility index (Phi) is 12.6. The lowest BCUT2D eigenvalue weighted by molar-refractivity contribution is 0.175. The van der Waals surface area contributed by atoms with Crippen LogP contribution in [0.4, 0.5) is 0 Å². The van der Waals surface area contributed by atoms with Gasteiger partial charge < -0.3 is 29.9 Å². The Morgan fingerprint density at radius 1 is 1.02 bits per heavy atom. The van der Waals surface area contributed by atoms with Gasteiger partial charge in [-0.1, -0.05) is 41.9 Å². The quantitative estimate of drug-likeness (QED) is 0.0922. The van der Waals surface area contributed by atoms with E-state index in [0.29, 0.717) is 28.6 Å². The third kappa shape index (κ3) is 9.26. The molecule has 0 bridgehead atoms. The summed E-state index contributed by atoms with van der Waals surface area (Å²) in [5.41, 5.74) is 6.18. The Labute approximate surface area is 311 Å². The number of ether oxygens (including phenoxy) is 2. The summed E-state index contributed by atoms with van der Waals surface area (Å²) in [6, 6.07) is 19.8. The second-order valence-electron chi connectivity index (χ2n) is 13.0. The second kappa shape index (κ2) is 17.5. The van der Waals surface area contributed by atoms with E-state index in [-0.39, 0.29) is 32.0 Å². The highest BCUT2D eigenvalue weighted by molar-refractivity contribution is 9.10. The van der Waals surface area contributed by atoms with Crippen LogP contribution in [0.5, 0.6) is 11.5 Å². The first kappa shape index (κ1) is 36.8. The molecule has 3 heterocycles. The van der Waals surface area contributed by atoms with E-state index in [4.69, 9.17) is 26.2 Å². The van der Waals surface area contributed by atoms with Gasteiger partial charge in [-0.05, 0) is 78.0 Å². The zero-order chi connectivity index (χ0) is 35.7. The number of aliphatic hydroxyl groups is 2. The number of hydrogen-bond acceptors (Lipinski definition) is 9. The number of hydrogen-bond donors (Lipinski definition) is 3. The third-order valence-electron chi connectivity index (χ3n) is 9.13. The van der Waals surface area contributed by atoms with Crippen LogP contribution in [0.3, 0.4) is 0 Å². The molecule has 1 unspecified atom stereocenters. The lowest BCUT2D eigenvalue weighted by Gasteiger charge is -2.18. The SMILES string of the molecule is CC(CO)NCc1cc(Cl)c(OCc2cccc(-c3cccc4c3cnn4CCCCN3CC[C@@H](O)C3)c2Br)cc1OCc1cncc(C#N)c1. The number of nitriles is 1. The number of likely N-dealkylation sites (tertiary alicyclic amines) is 1. The van der Waals surface area contributed by atoms with E-state index >= 15 is 0 Å². The minimum atomic E-state index is -0.181. The van der Waals surface area contributed by atoms with Gasteiger partial charge in [0.2, 0.25) is 0 Å². The van der Waals surface area contributed by atoms with Crippen LogP contribution >= 0.6 is 27.5 Å². The highest BCUT2D eigenvalue weighted by Crippen LogP contribution is 2.38. The highest BCUT2D eigenvalue weighted by atomic mass is 79.9. The fourth-order valence-electron chi connectivity index (χ4n) is 6.28. The molecule has 0 spiro atoms. The van der Waals surface area contributed by atoms with Crippen LogP contribution in [-0.4, -0.2) is 68.3 Å². The van der Waals surface area contributed by atoms with Crippen LogP contribution in [0.15, 0.2) is 77.7 Å². The molecule has 0 radical (unpaired) electrons. The van der Waals surface area contributed by atoms with Crippen LogP contribution in [0, 0.1) is 11.3 Å². The van der Waals surface area contributed by atoms with Gasteiger partial charge in [-0.2, -0.15) is 10.4 Å². The summed E-state index contributed by atoms with van der Waals surface area (Å²) in [6.45, 7) is 6.36. The number of aromatic nitrogens is 3. The van der Waals surface area contributed by atoms with Gasteiger partial charge in [0, 0.05) is 77.2 Å². The smallest absolute Gasteiger partial charge is 0.142 e. The number of benzene rings is 3. The van der Waals surface area contributed by atoms with Crippen molar-refractivity contribution in [3.05, 3.63) is 105 Å². The number of pyridine rings is 1. The average Bonchev–Trinajstić information content (AvgIpc) is 3.77. The fourth-order valence-corrected chi connectivity index (χ4v) is 7.11. The number of nitrogens with one attached hydrogen (secondary N) is 1. The minimum Gasteiger partial charge on any atom is -0.488 e. The molecule has 1 aliphatic rings. The first-order chi connectivity index (χ1) is 24.8. The molecule has 3 N–H and O–H groups in total. The normalized spacial score (nSPS) is 15.3. The number of fused-ring (bicyclic) bond motifs is 1. The Balaban J connectivity index is 1.17. The first-order valence-corrected chi connectivity index (χ1v) is 18.4. The Morgan fingerprint density at radius 2 is 1.82 bits per heavy atom. The number of unbranched alkanes of at least 4 members (excludes halogenated alkanes) is 1. The van der Waals surface area contributed by atoms with Crippen molar-refractivity contribution >= 4 is 38.4 Å². The van der Waals surface area contributed by atoms with Crippen LogP contribution in [0.25, 0.3) is 22.0 Å². The average molecular weight is 774 g/mol. The molecule has 0 aliphatic carbocycles. The number of nitrogens with zero attached hydrogens (tertiary/aromatic N) is 5. The molecular weight excluding hydrogens is 732 g/mol. The maximum Gasteiger partial charge on any atom is 0.142 e. The molecule has 0 saturated carbocycles. The van der Waals surface area contributed by atoms with Crippen molar-refractivity contribution in [2.24, 2.45) is 0 Å². The lowest BCUT2D eigenvalue weighted by atomic mass is 10.00. The van der Waals surface area contributed by atoms with Gasteiger partial charge in [0.05, 0.1) is 35.0 Å². The fraction of sp³-hybridized carbons (Fsp3) is 0.359. The van der Waals surface area contributed by atoms with Crippen molar-refractivity contribution in [3.8, 4) is 28.7 Å². The lowest BCUT2D eigenvalue weighted by Crippen LogP contribution is -2.28. The molecule has 2 atom stereocenters. The molecule has 2 aromatic heterocycles. The van der Waals surface area contributed by atoms with Crippen molar-refractivity contribution in [2.45, 2.75) is 64.6 Å². The van der Waals surface area contributed by atoms with E-state index in [1.807, 2.05) is 31.3 Å². The number of aliphatic hydroxyl groups excluding tert-OH is 2. The van der Waals surface area contributed by atoms with Gasteiger partial charge in [0.25, 0.3) is 0 Å². The largest absolute Gasteiger partial charge is 0.488 e. The van der Waals surface area contributed by atoms with Crippen LogP contribution in [0.1, 0.15) is 48.4 Å². The molecule has 266 valence electrons. The number of β-amino-alcohol motifs (C(OH)–C–C–N with tert-alkyl or cyclic N) is 1. The second-order valence-corrected chi connectivity index (χ2v) is 14.2. The van der Waals surface area contributed by atoms with E-state index in [1.165, 1.54) is 6.20 Å².